The highest BCUT2D eigenvalue weighted by Gasteiger charge is 2.11. The van der Waals surface area contributed by atoms with Gasteiger partial charge in [0.05, 0.1) is 5.69 Å². The Hall–Kier alpha value is -2.34. The fourth-order valence-corrected chi connectivity index (χ4v) is 2.59. The molecule has 0 bridgehead atoms. The molecule has 0 unspecified atom stereocenters. The monoisotopic (exact) mass is 298 g/mol. The number of thioether (sulfide) groups is 1. The lowest BCUT2D eigenvalue weighted by molar-refractivity contribution is 0.934. The summed E-state index contributed by atoms with van der Waals surface area (Å²) >= 11 is 1.44. The van der Waals surface area contributed by atoms with Crippen molar-refractivity contribution in [2.45, 2.75) is 12.1 Å². The summed E-state index contributed by atoms with van der Waals surface area (Å²) in [6, 6.07) is 8.80. The maximum Gasteiger partial charge on any atom is 0.257 e. The molecule has 6 heteroatoms. The van der Waals surface area contributed by atoms with Crippen LogP contribution in [0.5, 0.6) is 0 Å². The average molecular weight is 298 g/mol. The van der Waals surface area contributed by atoms with Gasteiger partial charge in [-0.15, -0.1) is 0 Å². The Bertz CT molecular complexity index is 888. The van der Waals surface area contributed by atoms with E-state index in [1.165, 1.54) is 11.8 Å². The molecule has 1 aromatic carbocycles. The van der Waals surface area contributed by atoms with Crippen LogP contribution in [0.25, 0.3) is 16.7 Å². The molecule has 0 amide bonds. The number of rotatable bonds is 2. The highest BCUT2D eigenvalue weighted by atomic mass is 32.2. The number of pyridine rings is 1. The van der Waals surface area contributed by atoms with Gasteiger partial charge in [0.1, 0.15) is 0 Å². The minimum atomic E-state index is -0.128. The molecule has 0 aliphatic rings. The second-order valence-corrected chi connectivity index (χ2v) is 5.46. The van der Waals surface area contributed by atoms with Crippen LogP contribution in [-0.4, -0.2) is 20.8 Å². The van der Waals surface area contributed by atoms with Crippen LogP contribution in [0.1, 0.15) is 5.56 Å². The minimum Gasteiger partial charge on any atom is -0.399 e. The maximum atomic E-state index is 12.4. The van der Waals surface area contributed by atoms with Crippen molar-refractivity contribution in [1.82, 2.24) is 14.5 Å². The molecule has 2 aromatic heterocycles. The Morgan fingerprint density at radius 3 is 2.81 bits per heavy atom. The van der Waals surface area contributed by atoms with Crippen molar-refractivity contribution in [3.05, 3.63) is 52.4 Å². The molecule has 2 N–H and O–H groups in total. The number of nitrogens with two attached hydrogens (primary N) is 1. The van der Waals surface area contributed by atoms with Gasteiger partial charge in [-0.05, 0) is 36.9 Å². The van der Waals surface area contributed by atoms with E-state index in [0.29, 0.717) is 22.2 Å². The molecule has 5 nitrogen and oxygen atoms in total. The molecule has 2 heterocycles. The Labute approximate surface area is 125 Å². The van der Waals surface area contributed by atoms with Crippen molar-refractivity contribution in [3.8, 4) is 5.69 Å². The standard InChI is InChI=1S/C15H14N4OS/c1-9-6-13(20)19(11-5-3-4-10(16)7-11)14-12(9)8-17-15(18-14)21-2/h3-8H,16H2,1-2H3. The molecular formula is C15H14N4OS. The van der Waals surface area contributed by atoms with E-state index in [2.05, 4.69) is 9.97 Å². The minimum absolute atomic E-state index is 0.128. The molecule has 0 aliphatic carbocycles. The number of fused-ring (bicyclic) bond motifs is 1. The summed E-state index contributed by atoms with van der Waals surface area (Å²) in [5, 5.41) is 1.49. The van der Waals surface area contributed by atoms with Gasteiger partial charge in [0.2, 0.25) is 0 Å². The van der Waals surface area contributed by atoms with Crippen molar-refractivity contribution < 1.29 is 0 Å². The van der Waals surface area contributed by atoms with Crippen molar-refractivity contribution in [3.63, 3.8) is 0 Å². The number of aromatic nitrogens is 3. The molecule has 3 aromatic rings. The topological polar surface area (TPSA) is 73.8 Å². The van der Waals surface area contributed by atoms with Crippen molar-refractivity contribution >= 4 is 28.5 Å². The van der Waals surface area contributed by atoms with Gasteiger partial charge in [0, 0.05) is 23.3 Å². The molecule has 0 atom stereocenters. The Morgan fingerprint density at radius 1 is 1.29 bits per heavy atom. The third kappa shape index (κ3) is 2.38. The SMILES string of the molecule is CSc1ncc2c(C)cc(=O)n(-c3cccc(N)c3)c2n1. The van der Waals surface area contributed by atoms with Crippen LogP contribution in [0, 0.1) is 6.92 Å². The second kappa shape index (κ2) is 5.21. The number of aryl methyl sites for hydroxylation is 1. The third-order valence-electron chi connectivity index (χ3n) is 3.25. The molecule has 0 aliphatic heterocycles. The van der Waals surface area contributed by atoms with Gasteiger partial charge >= 0.3 is 0 Å². The Kier molecular flexibility index (Phi) is 3.39. The summed E-state index contributed by atoms with van der Waals surface area (Å²) in [6.07, 6.45) is 3.66. The van der Waals surface area contributed by atoms with Crippen LogP contribution >= 0.6 is 11.8 Å². The van der Waals surface area contributed by atoms with E-state index in [-0.39, 0.29) is 5.56 Å². The molecule has 0 saturated carbocycles. The van der Waals surface area contributed by atoms with Crippen molar-refractivity contribution in [2.24, 2.45) is 0 Å². The third-order valence-corrected chi connectivity index (χ3v) is 3.82. The van der Waals surface area contributed by atoms with E-state index < -0.39 is 0 Å². The van der Waals surface area contributed by atoms with E-state index in [1.54, 1.807) is 29.0 Å². The van der Waals surface area contributed by atoms with Gasteiger partial charge in [0.25, 0.3) is 5.56 Å². The molecular weight excluding hydrogens is 284 g/mol. The summed E-state index contributed by atoms with van der Waals surface area (Å²) in [6.45, 7) is 1.88. The first kappa shape index (κ1) is 13.6. The van der Waals surface area contributed by atoms with Crippen molar-refractivity contribution in [1.29, 1.82) is 0 Å². The first-order valence-electron chi connectivity index (χ1n) is 6.39. The molecule has 3 rings (SSSR count). The number of nitrogens with zero attached hydrogens (tertiary/aromatic N) is 3. The average Bonchev–Trinajstić information content (AvgIpc) is 2.46. The predicted octanol–water partition coefficient (Wildman–Crippen LogP) is 2.39. The van der Waals surface area contributed by atoms with Crippen LogP contribution in [0.2, 0.25) is 0 Å². The van der Waals surface area contributed by atoms with Crippen LogP contribution < -0.4 is 11.3 Å². The summed E-state index contributed by atoms with van der Waals surface area (Å²) in [5.74, 6) is 0. The van der Waals surface area contributed by atoms with Gasteiger partial charge in [0.15, 0.2) is 10.8 Å². The van der Waals surface area contributed by atoms with Crippen LogP contribution in [0.4, 0.5) is 5.69 Å². The largest absolute Gasteiger partial charge is 0.399 e. The number of nitrogen functional groups attached to an aromatic ring is 1. The summed E-state index contributed by atoms with van der Waals surface area (Å²) in [4.78, 5) is 21.2. The van der Waals surface area contributed by atoms with E-state index in [1.807, 2.05) is 25.3 Å². The number of anilines is 1. The quantitative estimate of drug-likeness (QED) is 0.447. The predicted molar refractivity (Wildman–Crippen MR) is 86.1 cm³/mol. The summed E-state index contributed by atoms with van der Waals surface area (Å²) < 4.78 is 1.57. The van der Waals surface area contributed by atoms with Gasteiger partial charge in [-0.3, -0.25) is 9.36 Å². The van der Waals surface area contributed by atoms with E-state index in [0.717, 1.165) is 10.9 Å². The van der Waals surface area contributed by atoms with Gasteiger partial charge in [-0.2, -0.15) is 0 Å². The Balaban J connectivity index is 2.43. The van der Waals surface area contributed by atoms with Gasteiger partial charge in [-0.25, -0.2) is 9.97 Å². The molecule has 0 spiro atoms. The zero-order chi connectivity index (χ0) is 15.0. The van der Waals surface area contributed by atoms with E-state index >= 15 is 0 Å². The van der Waals surface area contributed by atoms with E-state index in [4.69, 9.17) is 5.73 Å². The second-order valence-electron chi connectivity index (χ2n) is 4.69. The fraction of sp³-hybridized carbons (Fsp3) is 0.133. The first-order chi connectivity index (χ1) is 10.1. The first-order valence-corrected chi connectivity index (χ1v) is 7.62. The Morgan fingerprint density at radius 2 is 2.10 bits per heavy atom. The van der Waals surface area contributed by atoms with Crippen LogP contribution in [0.3, 0.4) is 0 Å². The lowest BCUT2D eigenvalue weighted by Crippen LogP contribution is -2.19. The highest BCUT2D eigenvalue weighted by Crippen LogP contribution is 2.20. The van der Waals surface area contributed by atoms with Gasteiger partial charge in [-0.1, -0.05) is 17.8 Å². The lowest BCUT2D eigenvalue weighted by atomic mass is 10.2. The highest BCUT2D eigenvalue weighted by molar-refractivity contribution is 7.98. The molecule has 0 fully saturated rings. The molecule has 106 valence electrons. The lowest BCUT2D eigenvalue weighted by Gasteiger charge is -2.12. The van der Waals surface area contributed by atoms with E-state index in [9.17, 15) is 4.79 Å². The zero-order valence-corrected chi connectivity index (χ0v) is 12.5. The summed E-state index contributed by atoms with van der Waals surface area (Å²) in [7, 11) is 0. The van der Waals surface area contributed by atoms with Crippen LogP contribution in [0.15, 0.2) is 46.5 Å². The number of benzene rings is 1. The van der Waals surface area contributed by atoms with Crippen molar-refractivity contribution in [2.75, 3.05) is 12.0 Å². The van der Waals surface area contributed by atoms with Crippen LogP contribution in [-0.2, 0) is 0 Å². The normalized spacial score (nSPS) is 11.0. The molecule has 0 saturated heterocycles. The fourth-order valence-electron chi connectivity index (χ4n) is 2.25. The zero-order valence-electron chi connectivity index (χ0n) is 11.7. The smallest absolute Gasteiger partial charge is 0.257 e. The maximum absolute atomic E-state index is 12.4. The molecule has 0 radical (unpaired) electrons. The molecule has 21 heavy (non-hydrogen) atoms. The van der Waals surface area contributed by atoms with Gasteiger partial charge < -0.3 is 5.73 Å². The number of hydrogen-bond acceptors (Lipinski definition) is 5. The summed E-state index contributed by atoms with van der Waals surface area (Å²) in [5.41, 5.74) is 8.47. The number of hydrogen-bond donors (Lipinski definition) is 1.